The summed E-state index contributed by atoms with van der Waals surface area (Å²) in [6.45, 7) is 5.72. The van der Waals surface area contributed by atoms with Crippen LogP contribution in [0.25, 0.3) is 0 Å². The number of aryl methyl sites for hydroxylation is 3. The van der Waals surface area contributed by atoms with Crippen molar-refractivity contribution in [2.45, 2.75) is 25.7 Å². The predicted octanol–water partition coefficient (Wildman–Crippen LogP) is 3.46. The third-order valence-corrected chi connectivity index (χ3v) is 4.48. The fraction of sp³-hybridized carbons (Fsp3) is 0.214. The van der Waals surface area contributed by atoms with Crippen molar-refractivity contribution < 1.29 is 8.42 Å². The lowest BCUT2D eigenvalue weighted by molar-refractivity contribution is 0.600. The van der Waals surface area contributed by atoms with Gasteiger partial charge >= 0.3 is 0 Å². The molecule has 0 saturated carbocycles. The molecule has 20 heavy (non-hydrogen) atoms. The minimum absolute atomic E-state index is 0.0845. The second-order valence-corrected chi connectivity index (χ2v) is 6.77. The molecule has 4 nitrogen and oxygen atoms in total. The lowest BCUT2D eigenvalue weighted by Gasteiger charge is -2.14. The molecule has 0 amide bonds. The van der Waals surface area contributed by atoms with Crippen molar-refractivity contribution in [2.75, 3.05) is 4.72 Å². The molecule has 0 bridgehead atoms. The van der Waals surface area contributed by atoms with Gasteiger partial charge in [0.25, 0.3) is 10.0 Å². The fourth-order valence-electron chi connectivity index (χ4n) is 2.06. The van der Waals surface area contributed by atoms with E-state index in [2.05, 4.69) is 9.71 Å². The number of hydrogen-bond acceptors (Lipinski definition) is 3. The van der Waals surface area contributed by atoms with Crippen LogP contribution in [0.2, 0.25) is 5.15 Å². The fourth-order valence-corrected chi connectivity index (χ4v) is 3.31. The first-order valence-corrected chi connectivity index (χ1v) is 7.88. The number of sulfonamides is 1. The van der Waals surface area contributed by atoms with E-state index >= 15 is 0 Å². The van der Waals surface area contributed by atoms with Crippen LogP contribution in [0.3, 0.4) is 0 Å². The summed E-state index contributed by atoms with van der Waals surface area (Å²) in [5.74, 6) is 0. The number of pyridine rings is 1. The smallest absolute Gasteiger partial charge is 0.263 e. The highest BCUT2D eigenvalue weighted by Crippen LogP contribution is 2.25. The van der Waals surface area contributed by atoms with Crippen molar-refractivity contribution in [3.05, 3.63) is 52.3 Å². The first-order valence-electron chi connectivity index (χ1n) is 6.02. The number of nitrogens with zero attached hydrogens (tertiary/aromatic N) is 1. The van der Waals surface area contributed by atoms with E-state index in [1.165, 1.54) is 18.3 Å². The number of aromatic nitrogens is 1. The molecule has 0 atom stereocenters. The molecule has 2 rings (SSSR count). The average Bonchev–Trinajstić information content (AvgIpc) is 2.34. The normalized spacial score (nSPS) is 11.4. The minimum Gasteiger partial charge on any atom is -0.279 e. The molecule has 0 aliphatic heterocycles. The van der Waals surface area contributed by atoms with Crippen molar-refractivity contribution in [3.63, 3.8) is 0 Å². The van der Waals surface area contributed by atoms with Gasteiger partial charge in [0.15, 0.2) is 0 Å². The highest BCUT2D eigenvalue weighted by molar-refractivity contribution is 7.92. The van der Waals surface area contributed by atoms with Gasteiger partial charge < -0.3 is 0 Å². The van der Waals surface area contributed by atoms with Gasteiger partial charge in [-0.1, -0.05) is 29.3 Å². The number of nitrogens with one attached hydrogen (secondary N) is 1. The molecule has 0 saturated heterocycles. The van der Waals surface area contributed by atoms with Gasteiger partial charge in [-0.3, -0.25) is 4.72 Å². The van der Waals surface area contributed by atoms with Crippen molar-refractivity contribution in [1.29, 1.82) is 0 Å². The first-order chi connectivity index (χ1) is 9.29. The van der Waals surface area contributed by atoms with E-state index in [1.54, 1.807) is 0 Å². The molecule has 0 aliphatic carbocycles. The number of benzene rings is 1. The molecule has 6 heteroatoms. The quantitative estimate of drug-likeness (QED) is 0.883. The van der Waals surface area contributed by atoms with Crippen molar-refractivity contribution in [2.24, 2.45) is 0 Å². The highest BCUT2D eigenvalue weighted by atomic mass is 35.5. The highest BCUT2D eigenvalue weighted by Gasteiger charge is 2.17. The second kappa shape index (κ2) is 5.42. The third-order valence-electron chi connectivity index (χ3n) is 2.92. The van der Waals surface area contributed by atoms with E-state index in [-0.39, 0.29) is 10.0 Å². The number of halogens is 1. The van der Waals surface area contributed by atoms with E-state index in [4.69, 9.17) is 11.6 Å². The van der Waals surface area contributed by atoms with E-state index in [1.807, 2.05) is 32.9 Å². The van der Waals surface area contributed by atoms with Crippen molar-refractivity contribution in [3.8, 4) is 0 Å². The zero-order valence-corrected chi connectivity index (χ0v) is 13.0. The lowest BCUT2D eigenvalue weighted by atomic mass is 10.1. The predicted molar refractivity (Wildman–Crippen MR) is 80.7 cm³/mol. The largest absolute Gasteiger partial charge is 0.279 e. The average molecular weight is 311 g/mol. The van der Waals surface area contributed by atoms with Gasteiger partial charge in [-0.25, -0.2) is 13.4 Å². The Morgan fingerprint density at radius 3 is 2.20 bits per heavy atom. The molecular weight excluding hydrogens is 296 g/mol. The van der Waals surface area contributed by atoms with Gasteiger partial charge in [0, 0.05) is 6.20 Å². The van der Waals surface area contributed by atoms with Crippen LogP contribution in [0.15, 0.2) is 35.4 Å². The van der Waals surface area contributed by atoms with Crippen LogP contribution in [0.5, 0.6) is 0 Å². The molecule has 0 fully saturated rings. The lowest BCUT2D eigenvalue weighted by Crippen LogP contribution is -2.15. The molecule has 2 aromatic rings. The molecule has 106 valence electrons. The molecule has 0 spiro atoms. The molecule has 0 unspecified atom stereocenters. The van der Waals surface area contributed by atoms with Gasteiger partial charge in [0.2, 0.25) is 0 Å². The van der Waals surface area contributed by atoms with E-state index < -0.39 is 10.0 Å². The summed E-state index contributed by atoms with van der Waals surface area (Å²) in [5.41, 5.74) is 3.46. The van der Waals surface area contributed by atoms with Gasteiger partial charge in [-0.05, 0) is 44.0 Å². The van der Waals surface area contributed by atoms with Crippen LogP contribution in [-0.2, 0) is 10.0 Å². The first kappa shape index (κ1) is 14.8. The van der Waals surface area contributed by atoms with Gasteiger partial charge in [-0.15, -0.1) is 0 Å². The van der Waals surface area contributed by atoms with Gasteiger partial charge in [0.05, 0.1) is 5.69 Å². The Labute approximate surface area is 123 Å². The molecule has 0 aliphatic rings. The molecule has 1 N–H and O–H groups in total. The SMILES string of the molecule is Cc1cc(C)c(NS(=O)(=O)c2ccc(Cl)nc2)c(C)c1. The van der Waals surface area contributed by atoms with Crippen LogP contribution in [0.4, 0.5) is 5.69 Å². The van der Waals surface area contributed by atoms with E-state index in [9.17, 15) is 8.42 Å². The molecule has 0 radical (unpaired) electrons. The number of rotatable bonds is 3. The maximum Gasteiger partial charge on any atom is 0.263 e. The van der Waals surface area contributed by atoms with Crippen LogP contribution < -0.4 is 4.72 Å². The summed E-state index contributed by atoms with van der Waals surface area (Å²) in [6, 6.07) is 6.75. The summed E-state index contributed by atoms with van der Waals surface area (Å²) in [5, 5.41) is 0.256. The summed E-state index contributed by atoms with van der Waals surface area (Å²) in [7, 11) is -3.66. The van der Waals surface area contributed by atoms with Crippen molar-refractivity contribution in [1.82, 2.24) is 4.98 Å². The topological polar surface area (TPSA) is 59.1 Å². The molecule has 1 aromatic carbocycles. The Kier molecular flexibility index (Phi) is 4.01. The monoisotopic (exact) mass is 310 g/mol. The summed E-state index contributed by atoms with van der Waals surface area (Å²) in [6.07, 6.45) is 1.24. The number of hydrogen-bond donors (Lipinski definition) is 1. The molecular formula is C14H15ClN2O2S. The summed E-state index contributed by atoms with van der Waals surface area (Å²) in [4.78, 5) is 3.88. The Balaban J connectivity index is 2.41. The van der Waals surface area contributed by atoms with Gasteiger partial charge in [-0.2, -0.15) is 0 Å². The third kappa shape index (κ3) is 3.11. The zero-order chi connectivity index (χ0) is 14.9. The standard InChI is InChI=1S/C14H15ClN2O2S/c1-9-6-10(2)14(11(3)7-9)17-20(18,19)12-4-5-13(15)16-8-12/h4-8,17H,1-3H3. The Hall–Kier alpha value is -1.59. The Morgan fingerprint density at radius 1 is 1.10 bits per heavy atom. The van der Waals surface area contributed by atoms with Crippen LogP contribution in [-0.4, -0.2) is 13.4 Å². The molecule has 1 heterocycles. The second-order valence-electron chi connectivity index (χ2n) is 4.70. The molecule has 1 aromatic heterocycles. The van der Waals surface area contributed by atoms with Crippen molar-refractivity contribution >= 4 is 27.3 Å². The zero-order valence-electron chi connectivity index (χ0n) is 11.4. The van der Waals surface area contributed by atoms with E-state index in [0.717, 1.165) is 16.7 Å². The van der Waals surface area contributed by atoms with Crippen LogP contribution in [0, 0.1) is 20.8 Å². The van der Waals surface area contributed by atoms with E-state index in [0.29, 0.717) is 5.69 Å². The maximum atomic E-state index is 12.3. The summed E-state index contributed by atoms with van der Waals surface area (Å²) >= 11 is 5.66. The minimum atomic E-state index is -3.66. The Morgan fingerprint density at radius 2 is 1.70 bits per heavy atom. The Bertz CT molecular complexity index is 717. The number of anilines is 1. The maximum absolute atomic E-state index is 12.3. The van der Waals surface area contributed by atoms with Gasteiger partial charge in [0.1, 0.15) is 10.0 Å². The van der Waals surface area contributed by atoms with Crippen LogP contribution in [0.1, 0.15) is 16.7 Å². The van der Waals surface area contributed by atoms with Crippen LogP contribution >= 0.6 is 11.6 Å². The summed E-state index contributed by atoms with van der Waals surface area (Å²) < 4.78 is 27.2.